The van der Waals surface area contributed by atoms with Gasteiger partial charge in [-0.05, 0) is 37.6 Å². The monoisotopic (exact) mass is 509 g/mol. The van der Waals surface area contributed by atoms with Crippen LogP contribution in [0.15, 0.2) is 36.7 Å². The summed E-state index contributed by atoms with van der Waals surface area (Å²) in [6, 6.07) is 9.12. The van der Waals surface area contributed by atoms with Gasteiger partial charge in [0, 0.05) is 34.8 Å². The number of benzene rings is 1. The van der Waals surface area contributed by atoms with Crippen LogP contribution in [0.3, 0.4) is 0 Å². The summed E-state index contributed by atoms with van der Waals surface area (Å²) in [5.74, 6) is 1.00. The summed E-state index contributed by atoms with van der Waals surface area (Å²) in [4.78, 5) is 13.6. The van der Waals surface area contributed by atoms with Crippen LogP contribution in [-0.2, 0) is 17.4 Å². The molecule has 0 spiro atoms. The molecule has 0 saturated carbocycles. The van der Waals surface area contributed by atoms with Crippen LogP contribution in [0.25, 0.3) is 10.9 Å². The van der Waals surface area contributed by atoms with E-state index < -0.39 is 5.60 Å². The predicted octanol–water partition coefficient (Wildman–Crippen LogP) is 3.74. The van der Waals surface area contributed by atoms with Crippen molar-refractivity contribution in [2.45, 2.75) is 26.4 Å². The normalized spacial score (nSPS) is 16.4. The van der Waals surface area contributed by atoms with Gasteiger partial charge in [0.05, 0.1) is 37.5 Å². The second kappa shape index (κ2) is 8.99. The van der Waals surface area contributed by atoms with Crippen LogP contribution in [0.1, 0.15) is 35.3 Å². The molecular formula is C26H28ClN5O4. The Morgan fingerprint density at radius 3 is 2.58 bits per heavy atom. The van der Waals surface area contributed by atoms with Gasteiger partial charge in [0.15, 0.2) is 11.4 Å². The van der Waals surface area contributed by atoms with Crippen molar-refractivity contribution in [1.29, 1.82) is 0 Å². The van der Waals surface area contributed by atoms with Crippen molar-refractivity contribution in [3.8, 4) is 11.6 Å². The fraction of sp³-hybridized carbons (Fsp3) is 0.385. The van der Waals surface area contributed by atoms with Gasteiger partial charge in [0.1, 0.15) is 6.33 Å². The molecular weight excluding hydrogens is 482 g/mol. The summed E-state index contributed by atoms with van der Waals surface area (Å²) in [5.41, 5.74) is 1.53. The molecule has 1 unspecified atom stereocenters. The lowest BCUT2D eigenvalue weighted by molar-refractivity contribution is -0.120. The standard InChI is InChI=1S/C26H28ClN5O4/c1-15-6-8-19(16(2)30-15)26(33,24-28-14-29-32(24)4)17-7-9-20-18(10-17)21(27)22(23(31-20)34-5)36-13-25(3)11-35-12-25/h6-10,14,33H,11-13H2,1-5H3. The number of halogens is 1. The minimum atomic E-state index is -1.65. The maximum atomic E-state index is 12.3. The first kappa shape index (κ1) is 24.4. The Morgan fingerprint density at radius 2 is 1.97 bits per heavy atom. The molecule has 10 heteroatoms. The van der Waals surface area contributed by atoms with E-state index in [0.717, 1.165) is 5.69 Å². The molecule has 1 saturated heterocycles. The van der Waals surface area contributed by atoms with Crippen LogP contribution in [0, 0.1) is 19.3 Å². The third-order valence-electron chi connectivity index (χ3n) is 6.58. The molecule has 1 aliphatic heterocycles. The first-order valence-electron chi connectivity index (χ1n) is 11.6. The Labute approximate surface area is 214 Å². The summed E-state index contributed by atoms with van der Waals surface area (Å²) in [7, 11) is 3.27. The number of rotatable bonds is 7. The molecule has 0 bridgehead atoms. The van der Waals surface area contributed by atoms with E-state index in [9.17, 15) is 5.11 Å². The van der Waals surface area contributed by atoms with Crippen molar-refractivity contribution in [1.82, 2.24) is 24.7 Å². The van der Waals surface area contributed by atoms with Gasteiger partial charge < -0.3 is 19.3 Å². The van der Waals surface area contributed by atoms with Crippen molar-refractivity contribution in [2.75, 3.05) is 26.9 Å². The number of aryl methyl sites for hydroxylation is 3. The number of methoxy groups -OCH3 is 1. The zero-order valence-corrected chi connectivity index (χ0v) is 21.6. The third-order valence-corrected chi connectivity index (χ3v) is 6.95. The van der Waals surface area contributed by atoms with Gasteiger partial charge in [0.25, 0.3) is 5.88 Å². The van der Waals surface area contributed by atoms with E-state index >= 15 is 0 Å². The van der Waals surface area contributed by atoms with Gasteiger partial charge in [-0.1, -0.05) is 30.7 Å². The van der Waals surface area contributed by atoms with Gasteiger partial charge >= 0.3 is 0 Å². The van der Waals surface area contributed by atoms with Gasteiger partial charge in [-0.25, -0.2) is 14.6 Å². The van der Waals surface area contributed by atoms with Crippen molar-refractivity contribution in [3.63, 3.8) is 0 Å². The SMILES string of the molecule is COc1nc2ccc(C(O)(c3ccc(C)nc3C)c3ncnn3C)cc2c(Cl)c1OCC1(C)COC1. The van der Waals surface area contributed by atoms with E-state index in [2.05, 4.69) is 27.0 Å². The number of pyridine rings is 2. The second-order valence-corrected chi connectivity index (χ2v) is 9.97. The highest BCUT2D eigenvalue weighted by atomic mass is 35.5. The molecule has 9 nitrogen and oxygen atoms in total. The van der Waals surface area contributed by atoms with Crippen LogP contribution < -0.4 is 9.47 Å². The molecule has 4 aromatic rings. The average molecular weight is 510 g/mol. The largest absolute Gasteiger partial charge is 0.486 e. The number of fused-ring (bicyclic) bond motifs is 1. The van der Waals surface area contributed by atoms with Crippen LogP contribution >= 0.6 is 11.6 Å². The predicted molar refractivity (Wildman–Crippen MR) is 135 cm³/mol. The van der Waals surface area contributed by atoms with E-state index in [1.807, 2.05) is 26.0 Å². The first-order chi connectivity index (χ1) is 17.2. The summed E-state index contributed by atoms with van der Waals surface area (Å²) in [6.45, 7) is 7.50. The van der Waals surface area contributed by atoms with E-state index in [4.69, 9.17) is 25.8 Å². The second-order valence-electron chi connectivity index (χ2n) is 9.59. The van der Waals surface area contributed by atoms with Gasteiger partial charge in [-0.15, -0.1) is 0 Å². The molecule has 1 aromatic carbocycles. The molecule has 0 radical (unpaired) electrons. The number of hydrogen-bond donors (Lipinski definition) is 1. The molecule has 1 fully saturated rings. The fourth-order valence-electron chi connectivity index (χ4n) is 4.55. The summed E-state index contributed by atoms with van der Waals surface area (Å²) >= 11 is 6.89. The zero-order valence-electron chi connectivity index (χ0n) is 20.9. The van der Waals surface area contributed by atoms with Crippen molar-refractivity contribution < 1.29 is 19.3 Å². The lowest BCUT2D eigenvalue weighted by Gasteiger charge is -2.37. The molecule has 1 N–H and O–H groups in total. The van der Waals surface area contributed by atoms with Gasteiger partial charge in [0.2, 0.25) is 5.75 Å². The van der Waals surface area contributed by atoms with E-state index in [0.29, 0.717) is 70.0 Å². The minimum absolute atomic E-state index is 0.0907. The maximum absolute atomic E-state index is 12.3. The Hall–Kier alpha value is -3.27. The van der Waals surface area contributed by atoms with Crippen LogP contribution in [0.4, 0.5) is 0 Å². The lowest BCUT2D eigenvalue weighted by Crippen LogP contribution is -2.44. The molecule has 5 rings (SSSR count). The maximum Gasteiger partial charge on any atom is 0.258 e. The number of ether oxygens (including phenoxy) is 3. The molecule has 4 heterocycles. The Bertz CT molecular complexity index is 1450. The average Bonchev–Trinajstić information content (AvgIpc) is 3.27. The smallest absolute Gasteiger partial charge is 0.258 e. The highest BCUT2D eigenvalue weighted by molar-refractivity contribution is 6.37. The number of nitrogens with zero attached hydrogens (tertiary/aromatic N) is 5. The summed E-state index contributed by atoms with van der Waals surface area (Å²) in [6.07, 6.45) is 1.41. The third kappa shape index (κ3) is 3.97. The van der Waals surface area contributed by atoms with Gasteiger partial charge in [-0.3, -0.25) is 4.98 Å². The van der Waals surface area contributed by atoms with Crippen LogP contribution in [0.2, 0.25) is 5.02 Å². The fourth-order valence-corrected chi connectivity index (χ4v) is 4.84. The Balaban J connectivity index is 1.69. The van der Waals surface area contributed by atoms with E-state index in [1.54, 1.807) is 29.9 Å². The minimum Gasteiger partial charge on any atom is -0.486 e. The van der Waals surface area contributed by atoms with Crippen LogP contribution in [-0.4, -0.2) is 56.8 Å². The molecule has 1 atom stereocenters. The highest BCUT2D eigenvalue weighted by Gasteiger charge is 2.40. The zero-order chi connectivity index (χ0) is 25.7. The molecule has 188 valence electrons. The Morgan fingerprint density at radius 1 is 1.19 bits per heavy atom. The number of aromatic nitrogens is 5. The Kier molecular flexibility index (Phi) is 6.10. The van der Waals surface area contributed by atoms with Gasteiger partial charge in [-0.2, -0.15) is 5.10 Å². The summed E-state index contributed by atoms with van der Waals surface area (Å²) in [5, 5.41) is 17.5. The van der Waals surface area contributed by atoms with Crippen molar-refractivity contribution in [2.24, 2.45) is 12.5 Å². The number of aliphatic hydroxyl groups is 1. The topological polar surface area (TPSA) is 104 Å². The van der Waals surface area contributed by atoms with Crippen LogP contribution in [0.5, 0.6) is 11.6 Å². The molecule has 3 aromatic heterocycles. The van der Waals surface area contributed by atoms with E-state index in [1.165, 1.54) is 13.4 Å². The molecule has 36 heavy (non-hydrogen) atoms. The molecule has 0 amide bonds. The lowest BCUT2D eigenvalue weighted by atomic mass is 9.83. The summed E-state index contributed by atoms with van der Waals surface area (Å²) < 4.78 is 18.5. The van der Waals surface area contributed by atoms with E-state index in [-0.39, 0.29) is 5.41 Å². The highest BCUT2D eigenvalue weighted by Crippen LogP contribution is 2.43. The van der Waals surface area contributed by atoms with Crippen molar-refractivity contribution in [3.05, 3.63) is 70.0 Å². The number of hydrogen-bond acceptors (Lipinski definition) is 8. The van der Waals surface area contributed by atoms with Crippen molar-refractivity contribution >= 4 is 22.5 Å². The molecule has 1 aliphatic rings. The first-order valence-corrected chi connectivity index (χ1v) is 11.9. The quantitative estimate of drug-likeness (QED) is 0.402. The molecule has 0 aliphatic carbocycles.